The summed E-state index contributed by atoms with van der Waals surface area (Å²) in [7, 11) is 0. The third-order valence-electron chi connectivity index (χ3n) is 8.92. The van der Waals surface area contributed by atoms with Gasteiger partial charge in [-0.05, 0) is 42.4 Å². The molecule has 1 saturated carbocycles. The van der Waals surface area contributed by atoms with Gasteiger partial charge in [-0.15, -0.1) is 0 Å². The number of hydrogen-bond acceptors (Lipinski definition) is 4. The van der Waals surface area contributed by atoms with Gasteiger partial charge >= 0.3 is 0 Å². The van der Waals surface area contributed by atoms with E-state index in [2.05, 4.69) is 64.1 Å². The fraction of sp³-hybridized carbons (Fsp3) is 0.375. The number of amides is 1. The van der Waals surface area contributed by atoms with E-state index in [0.29, 0.717) is 12.5 Å². The first-order valence-electron chi connectivity index (χ1n) is 13.5. The highest BCUT2D eigenvalue weighted by Crippen LogP contribution is 2.55. The third kappa shape index (κ3) is 4.41. The Bertz CT molecular complexity index is 1250. The molecule has 0 spiro atoms. The second-order valence-corrected chi connectivity index (χ2v) is 11.1. The topological polar surface area (TPSA) is 61.4 Å². The molecule has 7 rings (SSSR count). The van der Waals surface area contributed by atoms with E-state index in [4.69, 9.17) is 0 Å². The Morgan fingerprint density at radius 1 is 0.892 bits per heavy atom. The minimum atomic E-state index is -0.781. The zero-order chi connectivity index (χ0) is 25.4. The van der Waals surface area contributed by atoms with Gasteiger partial charge in [-0.3, -0.25) is 19.8 Å². The maximum atomic E-state index is 14.2. The number of hydrogen-bond donors (Lipinski definition) is 2. The molecule has 3 saturated heterocycles. The Balaban J connectivity index is 1.37. The highest BCUT2D eigenvalue weighted by atomic mass is 16.2. The average Bonchev–Trinajstić information content (AvgIpc) is 3.23. The van der Waals surface area contributed by atoms with Crippen molar-refractivity contribution in [1.29, 1.82) is 0 Å². The summed E-state index contributed by atoms with van der Waals surface area (Å²) < 4.78 is 0. The van der Waals surface area contributed by atoms with Gasteiger partial charge in [0.05, 0.1) is 6.04 Å². The van der Waals surface area contributed by atoms with Crippen molar-refractivity contribution in [3.8, 4) is 0 Å². The van der Waals surface area contributed by atoms with E-state index >= 15 is 0 Å². The van der Waals surface area contributed by atoms with Crippen molar-refractivity contribution in [2.75, 3.05) is 6.54 Å². The number of Topliss-reactive ketones (excluding diaryl/α,β-unsaturated/α-hetero) is 1. The molecule has 37 heavy (non-hydrogen) atoms. The molecule has 4 bridgehead atoms. The van der Waals surface area contributed by atoms with Crippen molar-refractivity contribution in [1.82, 2.24) is 15.5 Å². The molecule has 5 nitrogen and oxygen atoms in total. The van der Waals surface area contributed by atoms with E-state index in [1.165, 1.54) is 11.1 Å². The van der Waals surface area contributed by atoms with E-state index in [0.717, 1.165) is 31.5 Å². The second kappa shape index (κ2) is 9.88. The van der Waals surface area contributed by atoms with Crippen LogP contribution in [0.4, 0.5) is 0 Å². The molecule has 1 unspecified atom stereocenters. The lowest BCUT2D eigenvalue weighted by Crippen LogP contribution is -2.78. The van der Waals surface area contributed by atoms with Gasteiger partial charge in [-0.25, -0.2) is 0 Å². The Morgan fingerprint density at radius 3 is 2.11 bits per heavy atom. The van der Waals surface area contributed by atoms with Crippen LogP contribution in [0.25, 0.3) is 0 Å². The first-order chi connectivity index (χ1) is 18.0. The smallest absolute Gasteiger partial charge is 0.240 e. The second-order valence-electron chi connectivity index (χ2n) is 11.1. The van der Waals surface area contributed by atoms with Gasteiger partial charge < -0.3 is 5.32 Å². The number of carbonyl (C=O) groups excluding carboxylic acids is 2. The summed E-state index contributed by atoms with van der Waals surface area (Å²) in [5.74, 6) is 0.767. The molecular weight excluding hydrogens is 458 g/mol. The molecule has 3 aromatic rings. The number of piperidine rings is 2. The van der Waals surface area contributed by atoms with Gasteiger partial charge in [-0.1, -0.05) is 91.0 Å². The lowest BCUT2D eigenvalue weighted by molar-refractivity contribution is -0.146. The van der Waals surface area contributed by atoms with Gasteiger partial charge in [-0.2, -0.15) is 0 Å². The molecule has 3 heterocycles. The van der Waals surface area contributed by atoms with E-state index < -0.39 is 5.54 Å². The molecule has 1 aliphatic carbocycles. The van der Waals surface area contributed by atoms with Crippen LogP contribution in [0.1, 0.15) is 30.0 Å². The molecule has 190 valence electrons. The molecule has 4 aliphatic rings. The summed E-state index contributed by atoms with van der Waals surface area (Å²) in [6, 6.07) is 31.0. The lowest BCUT2D eigenvalue weighted by Gasteiger charge is -2.59. The molecular formula is C32H35N3O2. The highest BCUT2D eigenvalue weighted by Gasteiger charge is 2.68. The first-order valence-corrected chi connectivity index (χ1v) is 13.5. The standard InChI is InChI=1S/C32H35N3O2/c1-22(36)29-28-26-18-32(34-29,31(37)33-19-24-13-7-3-8-14-24)27(17-23-11-5-2-6-12-23)30(28)35(21-26)20-25-15-9-4-10-16-25/h2-16,26-30,34H,17-21H2,1H3,(H,33,37)/t26-,27-,28+,29?,30+,32+/m1/s1. The van der Waals surface area contributed by atoms with Crippen LogP contribution in [0.5, 0.6) is 0 Å². The van der Waals surface area contributed by atoms with Crippen molar-refractivity contribution < 1.29 is 9.59 Å². The number of ketones is 1. The van der Waals surface area contributed by atoms with Crippen LogP contribution in [0.2, 0.25) is 0 Å². The summed E-state index contributed by atoms with van der Waals surface area (Å²) in [5, 5.41) is 6.93. The third-order valence-corrected chi connectivity index (χ3v) is 8.92. The van der Waals surface area contributed by atoms with Crippen LogP contribution in [-0.2, 0) is 29.1 Å². The minimum absolute atomic E-state index is 0.0262. The molecule has 2 N–H and O–H groups in total. The van der Waals surface area contributed by atoms with E-state index in [1.54, 1.807) is 6.92 Å². The molecule has 6 atom stereocenters. The van der Waals surface area contributed by atoms with Crippen LogP contribution in [-0.4, -0.2) is 40.8 Å². The summed E-state index contributed by atoms with van der Waals surface area (Å²) in [6.45, 7) is 3.93. The van der Waals surface area contributed by atoms with Crippen molar-refractivity contribution in [3.05, 3.63) is 108 Å². The number of benzene rings is 3. The Kier molecular flexibility index (Phi) is 6.43. The van der Waals surface area contributed by atoms with Crippen molar-refractivity contribution in [3.63, 3.8) is 0 Å². The van der Waals surface area contributed by atoms with Crippen LogP contribution in [0.15, 0.2) is 91.0 Å². The Labute approximate surface area is 219 Å². The van der Waals surface area contributed by atoms with Gasteiger partial charge in [0.15, 0.2) is 0 Å². The van der Waals surface area contributed by atoms with Crippen LogP contribution < -0.4 is 10.6 Å². The van der Waals surface area contributed by atoms with E-state index in [9.17, 15) is 9.59 Å². The summed E-state index contributed by atoms with van der Waals surface area (Å²) in [6.07, 6.45) is 1.57. The maximum absolute atomic E-state index is 14.2. The van der Waals surface area contributed by atoms with Crippen molar-refractivity contribution in [2.45, 2.75) is 50.5 Å². The molecule has 1 amide bonds. The monoisotopic (exact) mass is 493 g/mol. The van der Waals surface area contributed by atoms with Crippen molar-refractivity contribution in [2.24, 2.45) is 17.8 Å². The molecule has 0 aromatic heterocycles. The number of likely N-dealkylation sites (tertiary alicyclic amines) is 1. The zero-order valence-corrected chi connectivity index (χ0v) is 21.3. The predicted molar refractivity (Wildman–Crippen MR) is 144 cm³/mol. The summed E-state index contributed by atoms with van der Waals surface area (Å²) >= 11 is 0. The predicted octanol–water partition coefficient (Wildman–Crippen LogP) is 3.98. The van der Waals surface area contributed by atoms with Crippen molar-refractivity contribution >= 4 is 11.7 Å². The quantitative estimate of drug-likeness (QED) is 0.498. The molecule has 3 aromatic carbocycles. The molecule has 3 aliphatic heterocycles. The fourth-order valence-electron chi connectivity index (χ4n) is 7.44. The Morgan fingerprint density at radius 2 is 1.49 bits per heavy atom. The van der Waals surface area contributed by atoms with Gasteiger partial charge in [0.25, 0.3) is 0 Å². The zero-order valence-electron chi connectivity index (χ0n) is 21.3. The van der Waals surface area contributed by atoms with E-state index in [1.807, 2.05) is 42.5 Å². The van der Waals surface area contributed by atoms with Gasteiger partial charge in [0.2, 0.25) is 5.91 Å². The molecule has 5 heteroatoms. The van der Waals surface area contributed by atoms with Crippen LogP contribution in [0.3, 0.4) is 0 Å². The normalized spacial score (nSPS) is 30.2. The average molecular weight is 494 g/mol. The number of fused-ring (bicyclic) bond motifs is 1. The van der Waals surface area contributed by atoms with E-state index in [-0.39, 0.29) is 35.6 Å². The molecule has 4 fully saturated rings. The summed E-state index contributed by atoms with van der Waals surface area (Å²) in [4.78, 5) is 29.7. The number of nitrogens with zero attached hydrogens (tertiary/aromatic N) is 1. The maximum Gasteiger partial charge on any atom is 0.240 e. The van der Waals surface area contributed by atoms with Gasteiger partial charge in [0, 0.05) is 37.5 Å². The SMILES string of the molecule is CC(=O)C1N[C@@]2(C(=O)NCc3ccccc3)C[C@@H]3CN(Cc4ccccc4)[C@H]([C@H]13)[C@H]2Cc1ccccc1. The number of carbonyl (C=O) groups is 2. The lowest BCUT2D eigenvalue weighted by atomic mass is 9.55. The molecule has 0 radical (unpaired) electrons. The highest BCUT2D eigenvalue weighted by molar-refractivity contribution is 5.91. The minimum Gasteiger partial charge on any atom is -0.350 e. The largest absolute Gasteiger partial charge is 0.350 e. The number of nitrogens with one attached hydrogen (secondary N) is 2. The first kappa shape index (κ1) is 24.1. The summed E-state index contributed by atoms with van der Waals surface area (Å²) in [5.41, 5.74) is 2.81. The number of rotatable bonds is 8. The van der Waals surface area contributed by atoms with Crippen LogP contribution in [0, 0.1) is 17.8 Å². The van der Waals surface area contributed by atoms with Crippen LogP contribution >= 0.6 is 0 Å². The van der Waals surface area contributed by atoms with Gasteiger partial charge in [0.1, 0.15) is 11.3 Å². The Hall–Kier alpha value is -3.28. The fourth-order valence-corrected chi connectivity index (χ4v) is 7.44.